The zero-order valence-corrected chi connectivity index (χ0v) is 15.8. The molecule has 0 aliphatic carbocycles. The Labute approximate surface area is 158 Å². The summed E-state index contributed by atoms with van der Waals surface area (Å²) in [5, 5.41) is 8.84. The van der Waals surface area contributed by atoms with Crippen LogP contribution in [0, 0.1) is 5.92 Å². The van der Waals surface area contributed by atoms with Crippen molar-refractivity contribution in [3.63, 3.8) is 0 Å². The van der Waals surface area contributed by atoms with E-state index in [1.807, 2.05) is 5.10 Å². The van der Waals surface area contributed by atoms with E-state index in [0.717, 1.165) is 12.1 Å². The summed E-state index contributed by atoms with van der Waals surface area (Å²) in [7, 11) is -2.48. The third-order valence-corrected chi connectivity index (χ3v) is 5.27. The standard InChI is InChI=1S/C15H17F3N6O3S/c1-8(2)13(14-19-7-20-24(14)3)23-28(25,26)12-5-4-10(27-12)9-6-11(22-21-9)15(16,17)18/h4-8,13,23H,1-3H3,(H,21,22). The molecule has 0 bridgehead atoms. The van der Waals surface area contributed by atoms with Gasteiger partial charge in [0, 0.05) is 7.05 Å². The largest absolute Gasteiger partial charge is 0.442 e. The number of hydrogen-bond donors (Lipinski definition) is 2. The average Bonchev–Trinajstić information content (AvgIpc) is 3.31. The highest BCUT2D eigenvalue weighted by atomic mass is 32.2. The maximum Gasteiger partial charge on any atom is 0.432 e. The highest BCUT2D eigenvalue weighted by Gasteiger charge is 2.34. The molecular weight excluding hydrogens is 401 g/mol. The molecule has 3 aromatic rings. The van der Waals surface area contributed by atoms with Crippen LogP contribution >= 0.6 is 0 Å². The van der Waals surface area contributed by atoms with Gasteiger partial charge < -0.3 is 4.42 Å². The van der Waals surface area contributed by atoms with Gasteiger partial charge in [-0.05, 0) is 24.1 Å². The number of sulfonamides is 1. The first kappa shape index (κ1) is 20.1. The number of nitrogens with one attached hydrogen (secondary N) is 2. The van der Waals surface area contributed by atoms with Crippen LogP contribution in [0.15, 0.2) is 34.0 Å². The topological polar surface area (TPSA) is 119 Å². The molecule has 0 amide bonds. The summed E-state index contributed by atoms with van der Waals surface area (Å²) < 4.78 is 72.6. The average molecular weight is 418 g/mol. The lowest BCUT2D eigenvalue weighted by Gasteiger charge is -2.20. The maximum atomic E-state index is 12.7. The molecule has 1 atom stereocenters. The summed E-state index contributed by atoms with van der Waals surface area (Å²) in [5.74, 6) is 0.132. The lowest BCUT2D eigenvalue weighted by atomic mass is 10.1. The minimum atomic E-state index is -4.60. The number of nitrogens with zero attached hydrogens (tertiary/aromatic N) is 4. The van der Waals surface area contributed by atoms with E-state index in [9.17, 15) is 21.6 Å². The van der Waals surface area contributed by atoms with Gasteiger partial charge in [-0.25, -0.2) is 13.4 Å². The van der Waals surface area contributed by atoms with Crippen molar-refractivity contribution in [3.05, 3.63) is 36.0 Å². The second-order valence-corrected chi connectivity index (χ2v) is 8.01. The Morgan fingerprint density at radius 3 is 2.54 bits per heavy atom. The molecule has 1 unspecified atom stereocenters. The summed E-state index contributed by atoms with van der Waals surface area (Å²) in [6, 6.07) is 2.43. The van der Waals surface area contributed by atoms with Crippen molar-refractivity contribution in [2.75, 3.05) is 0 Å². The van der Waals surface area contributed by atoms with Crippen LogP contribution in [0.25, 0.3) is 11.5 Å². The van der Waals surface area contributed by atoms with Crippen molar-refractivity contribution < 1.29 is 26.0 Å². The van der Waals surface area contributed by atoms with Crippen LogP contribution in [0.5, 0.6) is 0 Å². The number of rotatable bonds is 6. The number of furan rings is 1. The van der Waals surface area contributed by atoms with Crippen LogP contribution in [-0.4, -0.2) is 33.4 Å². The van der Waals surface area contributed by atoms with E-state index in [1.54, 1.807) is 20.9 Å². The number of alkyl halides is 3. The molecule has 9 nitrogen and oxygen atoms in total. The van der Waals surface area contributed by atoms with Gasteiger partial charge in [0.15, 0.2) is 5.76 Å². The molecule has 0 aromatic carbocycles. The van der Waals surface area contributed by atoms with Crippen LogP contribution in [0.2, 0.25) is 0 Å². The van der Waals surface area contributed by atoms with Gasteiger partial charge in [-0.1, -0.05) is 13.8 Å². The molecule has 13 heteroatoms. The lowest BCUT2D eigenvalue weighted by Crippen LogP contribution is -2.33. The van der Waals surface area contributed by atoms with E-state index >= 15 is 0 Å². The van der Waals surface area contributed by atoms with Gasteiger partial charge in [0.2, 0.25) is 5.09 Å². The highest BCUT2D eigenvalue weighted by molar-refractivity contribution is 7.89. The SMILES string of the molecule is CC(C)C(NS(=O)(=O)c1ccc(-c2cc(C(F)(F)F)[nH]n2)o1)c1ncnn1C. The summed E-state index contributed by atoms with van der Waals surface area (Å²) >= 11 is 0. The Morgan fingerprint density at radius 2 is 2.00 bits per heavy atom. The molecule has 3 heterocycles. The van der Waals surface area contributed by atoms with Crippen LogP contribution in [0.4, 0.5) is 13.2 Å². The predicted molar refractivity (Wildman–Crippen MR) is 90.2 cm³/mol. The molecule has 0 radical (unpaired) electrons. The van der Waals surface area contributed by atoms with Crippen molar-refractivity contribution in [2.45, 2.75) is 31.2 Å². The predicted octanol–water partition coefficient (Wildman–Crippen LogP) is 2.49. The van der Waals surface area contributed by atoms with E-state index in [1.165, 1.54) is 17.1 Å². The molecule has 0 spiro atoms. The smallest absolute Gasteiger partial charge is 0.432 e. The van der Waals surface area contributed by atoms with Gasteiger partial charge in [0.1, 0.15) is 23.5 Å². The molecule has 152 valence electrons. The van der Waals surface area contributed by atoms with Crippen molar-refractivity contribution in [2.24, 2.45) is 13.0 Å². The first-order valence-corrected chi connectivity index (χ1v) is 9.56. The van der Waals surface area contributed by atoms with E-state index in [0.29, 0.717) is 5.82 Å². The lowest BCUT2D eigenvalue weighted by molar-refractivity contribution is -0.141. The maximum absolute atomic E-state index is 12.7. The summed E-state index contributed by atoms with van der Waals surface area (Å²) in [5.41, 5.74) is -1.23. The number of halogens is 3. The molecule has 0 aliphatic heterocycles. The normalized spacial score (nSPS) is 14.0. The number of aromatic amines is 1. The highest BCUT2D eigenvalue weighted by Crippen LogP contribution is 2.31. The minimum Gasteiger partial charge on any atom is -0.442 e. The number of aromatic nitrogens is 5. The third kappa shape index (κ3) is 3.94. The van der Waals surface area contributed by atoms with Gasteiger partial charge in [0.05, 0.1) is 6.04 Å². The van der Waals surface area contributed by atoms with Crippen LogP contribution in [0.3, 0.4) is 0 Å². The van der Waals surface area contributed by atoms with Crippen molar-refractivity contribution in [1.82, 2.24) is 29.7 Å². The minimum absolute atomic E-state index is 0.119. The van der Waals surface area contributed by atoms with Crippen molar-refractivity contribution >= 4 is 10.0 Å². The third-order valence-electron chi connectivity index (χ3n) is 3.96. The molecule has 2 N–H and O–H groups in total. The molecule has 3 aromatic heterocycles. The van der Waals surface area contributed by atoms with Crippen LogP contribution in [0.1, 0.15) is 31.4 Å². The van der Waals surface area contributed by atoms with Gasteiger partial charge >= 0.3 is 6.18 Å². The zero-order valence-electron chi connectivity index (χ0n) is 15.0. The Kier molecular flexibility index (Phi) is 5.06. The van der Waals surface area contributed by atoms with Gasteiger partial charge in [-0.15, -0.1) is 0 Å². The molecule has 0 saturated heterocycles. The number of hydrogen-bond acceptors (Lipinski definition) is 6. The molecule has 0 fully saturated rings. The fraction of sp³-hybridized carbons (Fsp3) is 0.400. The Hall–Kier alpha value is -2.67. The summed E-state index contributed by atoms with van der Waals surface area (Å²) in [4.78, 5) is 4.07. The monoisotopic (exact) mass is 418 g/mol. The van der Waals surface area contributed by atoms with Gasteiger partial charge in [0.25, 0.3) is 10.0 Å². The van der Waals surface area contributed by atoms with Gasteiger partial charge in [-0.2, -0.15) is 28.1 Å². The first-order valence-electron chi connectivity index (χ1n) is 8.08. The van der Waals surface area contributed by atoms with E-state index in [2.05, 4.69) is 19.9 Å². The first-order chi connectivity index (χ1) is 13.0. The molecular formula is C15H17F3N6O3S. The van der Waals surface area contributed by atoms with Crippen molar-refractivity contribution in [3.8, 4) is 11.5 Å². The Bertz CT molecular complexity index is 1070. The second-order valence-electron chi connectivity index (χ2n) is 6.37. The molecule has 3 rings (SSSR count). The van der Waals surface area contributed by atoms with Gasteiger partial charge in [-0.3, -0.25) is 9.78 Å². The van der Waals surface area contributed by atoms with Crippen LogP contribution in [-0.2, 0) is 23.2 Å². The van der Waals surface area contributed by atoms with E-state index < -0.39 is 33.0 Å². The quantitative estimate of drug-likeness (QED) is 0.635. The Morgan fingerprint density at radius 1 is 1.29 bits per heavy atom. The fourth-order valence-electron chi connectivity index (χ4n) is 2.49. The van der Waals surface area contributed by atoms with Crippen molar-refractivity contribution in [1.29, 1.82) is 0 Å². The number of H-pyrrole nitrogens is 1. The number of aryl methyl sites for hydroxylation is 1. The molecule has 0 saturated carbocycles. The second kappa shape index (κ2) is 7.05. The fourth-order valence-corrected chi connectivity index (χ4v) is 3.77. The molecule has 28 heavy (non-hydrogen) atoms. The molecule has 0 aliphatic rings. The van der Waals surface area contributed by atoms with Crippen LogP contribution < -0.4 is 4.72 Å². The summed E-state index contributed by atoms with van der Waals surface area (Å²) in [6.45, 7) is 3.61. The van der Waals surface area contributed by atoms with E-state index in [4.69, 9.17) is 4.42 Å². The Balaban J connectivity index is 1.87. The summed E-state index contributed by atoms with van der Waals surface area (Å²) in [6.07, 6.45) is -3.30. The zero-order chi connectivity index (χ0) is 20.7. The van der Waals surface area contributed by atoms with E-state index in [-0.39, 0.29) is 17.4 Å².